The van der Waals surface area contributed by atoms with Gasteiger partial charge in [-0.1, -0.05) is 30.3 Å². The van der Waals surface area contributed by atoms with Gasteiger partial charge in [0, 0.05) is 37.5 Å². The predicted octanol–water partition coefficient (Wildman–Crippen LogP) is 3.12. The monoisotopic (exact) mass is 562 g/mol. The topological polar surface area (TPSA) is 131 Å². The summed E-state index contributed by atoms with van der Waals surface area (Å²) in [5.41, 5.74) is 1.59. The van der Waals surface area contributed by atoms with E-state index in [1.54, 1.807) is 16.8 Å². The molecule has 1 aliphatic heterocycles. The minimum atomic E-state index is -3.65. The van der Waals surface area contributed by atoms with Crippen LogP contribution in [0.2, 0.25) is 0 Å². The highest BCUT2D eigenvalue weighted by Gasteiger charge is 2.47. The van der Waals surface area contributed by atoms with Crippen LogP contribution in [0.1, 0.15) is 60.9 Å². The van der Waals surface area contributed by atoms with Crippen LogP contribution in [0.25, 0.3) is 0 Å². The quantitative estimate of drug-likeness (QED) is 0.461. The number of H-pyrrole nitrogens is 1. The van der Waals surface area contributed by atoms with E-state index in [0.717, 1.165) is 17.5 Å². The van der Waals surface area contributed by atoms with E-state index in [-0.39, 0.29) is 31.7 Å². The zero-order chi connectivity index (χ0) is 28.4. The molecule has 214 valence electrons. The summed E-state index contributed by atoms with van der Waals surface area (Å²) in [6, 6.07) is 9.82. The molecule has 0 bridgehead atoms. The fourth-order valence-electron chi connectivity index (χ4n) is 5.05. The maximum atomic E-state index is 13.5. The number of rotatable bonds is 9. The van der Waals surface area contributed by atoms with Gasteiger partial charge in [-0.05, 0) is 39.2 Å². The number of hydrogen-bond acceptors (Lipinski definition) is 8. The standard InChI is InChI=1S/C27H38N4O7S/c1-26(2,3)38-25(33)31-12-11-22-21(15-31)23(29-28-22)24(32)30(4)17-27(18-37-39(5,34)35)13-20(14-27)36-16-19-9-7-6-8-10-19/h6-10,20H,11-18H2,1-5H3,(H,28,29). The smallest absolute Gasteiger partial charge is 0.410 e. The molecule has 1 aliphatic carbocycles. The lowest BCUT2D eigenvalue weighted by Gasteiger charge is -2.48. The van der Waals surface area contributed by atoms with E-state index in [9.17, 15) is 18.0 Å². The van der Waals surface area contributed by atoms with Crippen molar-refractivity contribution in [1.82, 2.24) is 20.0 Å². The molecule has 0 spiro atoms. The fraction of sp³-hybridized carbons (Fsp3) is 0.593. The molecule has 1 fully saturated rings. The van der Waals surface area contributed by atoms with Gasteiger partial charge in [0.05, 0.1) is 37.8 Å². The summed E-state index contributed by atoms with van der Waals surface area (Å²) in [6.45, 7) is 6.78. The van der Waals surface area contributed by atoms with Crippen molar-refractivity contribution in [1.29, 1.82) is 0 Å². The van der Waals surface area contributed by atoms with Crippen molar-refractivity contribution in [2.24, 2.45) is 5.41 Å². The number of ether oxygens (including phenoxy) is 2. The molecule has 0 unspecified atom stereocenters. The fourth-order valence-corrected chi connectivity index (χ4v) is 5.52. The Balaban J connectivity index is 1.42. The third-order valence-electron chi connectivity index (χ3n) is 6.93. The summed E-state index contributed by atoms with van der Waals surface area (Å²) in [5, 5.41) is 7.18. The normalized spacial score (nSPS) is 21.2. The average Bonchev–Trinajstić information content (AvgIpc) is 3.26. The average molecular weight is 563 g/mol. The summed E-state index contributed by atoms with van der Waals surface area (Å²) in [7, 11) is -1.98. The molecule has 4 rings (SSSR count). The number of nitrogens with one attached hydrogen (secondary N) is 1. The lowest BCUT2D eigenvalue weighted by molar-refractivity contribution is -0.110. The van der Waals surface area contributed by atoms with E-state index in [4.69, 9.17) is 13.7 Å². The van der Waals surface area contributed by atoms with Crippen molar-refractivity contribution in [3.8, 4) is 0 Å². The number of carbonyl (C=O) groups excluding carboxylic acids is 2. The van der Waals surface area contributed by atoms with E-state index in [2.05, 4.69) is 10.2 Å². The summed E-state index contributed by atoms with van der Waals surface area (Å²) in [6.07, 6.45) is 2.13. The largest absolute Gasteiger partial charge is 0.444 e. The highest BCUT2D eigenvalue weighted by Crippen LogP contribution is 2.44. The second-order valence-electron chi connectivity index (χ2n) is 11.6. The molecule has 2 aliphatic rings. The molecule has 1 N–H and O–H groups in total. The van der Waals surface area contributed by atoms with Crippen molar-refractivity contribution in [2.45, 2.75) is 64.9 Å². The lowest BCUT2D eigenvalue weighted by Crippen LogP contribution is -2.53. The number of aromatic amines is 1. The van der Waals surface area contributed by atoms with Gasteiger partial charge in [-0.25, -0.2) is 4.79 Å². The molecular formula is C27H38N4O7S. The highest BCUT2D eigenvalue weighted by molar-refractivity contribution is 7.85. The summed E-state index contributed by atoms with van der Waals surface area (Å²) in [5.74, 6) is -0.290. The van der Waals surface area contributed by atoms with Crippen LogP contribution >= 0.6 is 0 Å². The molecule has 39 heavy (non-hydrogen) atoms. The Morgan fingerprint density at radius 1 is 1.21 bits per heavy atom. The van der Waals surface area contributed by atoms with Crippen LogP contribution in [0.4, 0.5) is 4.79 Å². The number of nitrogens with zero attached hydrogens (tertiary/aromatic N) is 3. The van der Waals surface area contributed by atoms with Crippen molar-refractivity contribution in [3.63, 3.8) is 0 Å². The molecule has 2 amide bonds. The van der Waals surface area contributed by atoms with Gasteiger partial charge in [-0.2, -0.15) is 13.5 Å². The van der Waals surface area contributed by atoms with E-state index in [1.807, 2.05) is 51.1 Å². The van der Waals surface area contributed by atoms with Crippen LogP contribution in [-0.4, -0.2) is 85.1 Å². The second kappa shape index (κ2) is 11.3. The zero-order valence-corrected chi connectivity index (χ0v) is 24.0. The van der Waals surface area contributed by atoms with Crippen molar-refractivity contribution in [2.75, 3.05) is 33.0 Å². The van der Waals surface area contributed by atoms with Crippen LogP contribution in [-0.2, 0) is 43.3 Å². The Labute approximate surface area is 229 Å². The Morgan fingerprint density at radius 3 is 2.54 bits per heavy atom. The molecule has 0 atom stereocenters. The summed E-state index contributed by atoms with van der Waals surface area (Å²) in [4.78, 5) is 29.3. The van der Waals surface area contributed by atoms with Gasteiger partial charge in [-0.15, -0.1) is 0 Å². The Hall–Kier alpha value is -2.96. The van der Waals surface area contributed by atoms with Gasteiger partial charge < -0.3 is 19.3 Å². The van der Waals surface area contributed by atoms with Crippen molar-refractivity contribution >= 4 is 22.1 Å². The van der Waals surface area contributed by atoms with Crippen molar-refractivity contribution in [3.05, 3.63) is 52.8 Å². The highest BCUT2D eigenvalue weighted by atomic mass is 32.2. The Morgan fingerprint density at radius 2 is 1.90 bits per heavy atom. The number of fused-ring (bicyclic) bond motifs is 1. The van der Waals surface area contributed by atoms with E-state index in [0.29, 0.717) is 43.7 Å². The van der Waals surface area contributed by atoms with Gasteiger partial charge in [0.25, 0.3) is 16.0 Å². The van der Waals surface area contributed by atoms with Gasteiger partial charge in [0.2, 0.25) is 0 Å². The minimum Gasteiger partial charge on any atom is -0.444 e. The zero-order valence-electron chi connectivity index (χ0n) is 23.2. The van der Waals surface area contributed by atoms with Crippen LogP contribution in [0, 0.1) is 5.41 Å². The summed E-state index contributed by atoms with van der Waals surface area (Å²) < 4.78 is 40.2. The van der Waals surface area contributed by atoms with Gasteiger partial charge in [0.15, 0.2) is 0 Å². The predicted molar refractivity (Wildman–Crippen MR) is 143 cm³/mol. The molecule has 1 aromatic heterocycles. The summed E-state index contributed by atoms with van der Waals surface area (Å²) >= 11 is 0. The lowest BCUT2D eigenvalue weighted by atomic mass is 9.67. The third-order valence-corrected chi connectivity index (χ3v) is 7.48. The van der Waals surface area contributed by atoms with Gasteiger partial charge in [-0.3, -0.25) is 14.1 Å². The van der Waals surface area contributed by atoms with Crippen LogP contribution in [0.5, 0.6) is 0 Å². The molecule has 0 saturated heterocycles. The molecule has 1 saturated carbocycles. The van der Waals surface area contributed by atoms with E-state index < -0.39 is 27.2 Å². The molecule has 12 heteroatoms. The SMILES string of the molecule is CN(CC1(COS(C)(=O)=O)CC(OCc2ccccc2)C1)C(=O)c1[nH]nc2c1CN(C(=O)OC(C)(C)C)CC2. The third kappa shape index (κ3) is 7.58. The number of amides is 2. The van der Waals surface area contributed by atoms with Gasteiger partial charge >= 0.3 is 6.09 Å². The Bertz CT molecular complexity index is 1280. The maximum Gasteiger partial charge on any atom is 0.410 e. The first kappa shape index (κ1) is 29.0. The van der Waals surface area contributed by atoms with Crippen LogP contribution < -0.4 is 0 Å². The van der Waals surface area contributed by atoms with Crippen LogP contribution in [0.3, 0.4) is 0 Å². The molecule has 11 nitrogen and oxygen atoms in total. The molecule has 2 aromatic rings. The number of benzene rings is 1. The minimum absolute atomic E-state index is 0.0395. The maximum absolute atomic E-state index is 13.5. The van der Waals surface area contributed by atoms with Crippen molar-refractivity contribution < 1.29 is 31.7 Å². The first-order valence-corrected chi connectivity index (χ1v) is 14.8. The Kier molecular flexibility index (Phi) is 8.38. The van der Waals surface area contributed by atoms with Crippen LogP contribution in [0.15, 0.2) is 30.3 Å². The molecular weight excluding hydrogens is 524 g/mol. The number of hydrogen-bond donors (Lipinski definition) is 1. The second-order valence-corrected chi connectivity index (χ2v) is 13.3. The van der Waals surface area contributed by atoms with Gasteiger partial charge in [0.1, 0.15) is 11.3 Å². The number of aromatic nitrogens is 2. The first-order chi connectivity index (χ1) is 18.2. The first-order valence-electron chi connectivity index (χ1n) is 13.0. The molecule has 0 radical (unpaired) electrons. The molecule has 2 heterocycles. The van der Waals surface area contributed by atoms with E-state index in [1.165, 1.54) is 0 Å². The van der Waals surface area contributed by atoms with E-state index >= 15 is 0 Å². The number of carbonyl (C=O) groups is 2. The molecule has 1 aromatic carbocycles.